The van der Waals surface area contributed by atoms with Crippen LogP contribution in [0.5, 0.6) is 0 Å². The number of ether oxygens (including phenoxy) is 1. The minimum Gasteiger partial charge on any atom is -0.376 e. The Balaban J connectivity index is 1.38. The molecule has 0 unspecified atom stereocenters. The largest absolute Gasteiger partial charge is 0.376 e. The first-order valence-corrected chi connectivity index (χ1v) is 13.0. The molecule has 3 heterocycles. The fourth-order valence-electron chi connectivity index (χ4n) is 4.33. The van der Waals surface area contributed by atoms with E-state index >= 15 is 0 Å². The quantitative estimate of drug-likeness (QED) is 0.419. The summed E-state index contributed by atoms with van der Waals surface area (Å²) in [6.07, 6.45) is 5.67. The second kappa shape index (κ2) is 10.4. The lowest BCUT2D eigenvalue weighted by molar-refractivity contribution is -0.123. The van der Waals surface area contributed by atoms with Crippen molar-refractivity contribution in [2.75, 3.05) is 13.2 Å². The Morgan fingerprint density at radius 1 is 1.20 bits per heavy atom. The van der Waals surface area contributed by atoms with Gasteiger partial charge in [-0.25, -0.2) is 0 Å². The van der Waals surface area contributed by atoms with Crippen LogP contribution in [0.15, 0.2) is 64.1 Å². The Hall–Kier alpha value is -2.88. The topological polar surface area (TPSA) is 80.6 Å². The Labute approximate surface area is 215 Å². The summed E-state index contributed by atoms with van der Waals surface area (Å²) in [5, 5.41) is 3.56. The molecule has 0 spiro atoms. The molecular formula is C26H24BrN3O4S. The number of nitrogens with one attached hydrogen (secondary N) is 1. The molecular weight excluding hydrogens is 530 g/mol. The first kappa shape index (κ1) is 23.8. The molecule has 9 heteroatoms. The minimum absolute atomic E-state index is 0.0818. The summed E-state index contributed by atoms with van der Waals surface area (Å²) in [7, 11) is 0. The summed E-state index contributed by atoms with van der Waals surface area (Å²) in [5.41, 5.74) is 2.54. The highest BCUT2D eigenvalue weighted by molar-refractivity contribution is 9.10. The molecule has 0 bridgehead atoms. The van der Waals surface area contributed by atoms with Gasteiger partial charge in [-0.2, -0.15) is 0 Å². The van der Waals surface area contributed by atoms with Gasteiger partial charge in [0.15, 0.2) is 0 Å². The zero-order chi connectivity index (χ0) is 24.4. The van der Waals surface area contributed by atoms with Gasteiger partial charge in [-0.15, -0.1) is 0 Å². The molecule has 2 aromatic carbocycles. The maximum Gasteiger partial charge on any atom is 0.293 e. The van der Waals surface area contributed by atoms with Gasteiger partial charge in [-0.05, 0) is 54.4 Å². The number of imide groups is 1. The normalized spacial score (nSPS) is 19.3. The van der Waals surface area contributed by atoms with Crippen LogP contribution in [-0.4, -0.2) is 45.8 Å². The highest BCUT2D eigenvalue weighted by Crippen LogP contribution is 2.35. The molecule has 0 saturated carbocycles. The summed E-state index contributed by atoms with van der Waals surface area (Å²) >= 11 is 4.45. The average Bonchev–Trinajstić information content (AvgIpc) is 3.55. The van der Waals surface area contributed by atoms with Crippen LogP contribution in [0.2, 0.25) is 0 Å². The zero-order valence-electron chi connectivity index (χ0n) is 18.9. The van der Waals surface area contributed by atoms with Gasteiger partial charge in [-0.3, -0.25) is 19.3 Å². The van der Waals surface area contributed by atoms with Crippen molar-refractivity contribution in [3.8, 4) is 0 Å². The maximum atomic E-state index is 13.0. The highest BCUT2D eigenvalue weighted by atomic mass is 79.9. The third kappa shape index (κ3) is 5.37. The van der Waals surface area contributed by atoms with Crippen molar-refractivity contribution in [1.29, 1.82) is 0 Å². The van der Waals surface area contributed by atoms with E-state index in [-0.39, 0.29) is 36.2 Å². The Kier molecular flexibility index (Phi) is 7.08. The number of rotatable bonds is 7. The number of hydrogen-bond donors (Lipinski definition) is 1. The number of fused-ring (bicyclic) bond motifs is 1. The summed E-state index contributed by atoms with van der Waals surface area (Å²) in [6.45, 7) is 1.64. The molecule has 2 saturated heterocycles. The van der Waals surface area contributed by atoms with Crippen LogP contribution in [0, 0.1) is 0 Å². The first-order chi connectivity index (χ1) is 17.0. The summed E-state index contributed by atoms with van der Waals surface area (Å²) in [6, 6.07) is 15.3. The van der Waals surface area contributed by atoms with Gasteiger partial charge in [0.05, 0.1) is 17.6 Å². The number of benzene rings is 2. The van der Waals surface area contributed by atoms with Crippen molar-refractivity contribution in [2.45, 2.75) is 32.0 Å². The van der Waals surface area contributed by atoms with Crippen LogP contribution in [0.25, 0.3) is 17.0 Å². The predicted octanol–water partition coefficient (Wildman–Crippen LogP) is 4.94. The monoisotopic (exact) mass is 553 g/mol. The molecule has 180 valence electrons. The number of halogens is 1. The fourth-order valence-corrected chi connectivity index (χ4v) is 5.52. The van der Waals surface area contributed by atoms with E-state index in [0.717, 1.165) is 57.7 Å². The molecule has 2 fully saturated rings. The van der Waals surface area contributed by atoms with E-state index < -0.39 is 0 Å². The Morgan fingerprint density at radius 3 is 2.80 bits per heavy atom. The van der Waals surface area contributed by atoms with Gasteiger partial charge in [-0.1, -0.05) is 46.3 Å². The number of carbonyl (C=O) groups excluding carboxylic acids is 3. The van der Waals surface area contributed by atoms with Crippen molar-refractivity contribution in [1.82, 2.24) is 14.8 Å². The molecule has 1 N–H and O–H groups in total. The summed E-state index contributed by atoms with van der Waals surface area (Å²) in [5.74, 6) is -0.413. The third-order valence-electron chi connectivity index (χ3n) is 6.08. The van der Waals surface area contributed by atoms with Crippen LogP contribution in [0.3, 0.4) is 0 Å². The van der Waals surface area contributed by atoms with Crippen LogP contribution < -0.4 is 5.32 Å². The second-order valence-electron chi connectivity index (χ2n) is 8.57. The molecule has 3 aromatic rings. The van der Waals surface area contributed by atoms with Crippen LogP contribution in [0.4, 0.5) is 4.79 Å². The molecule has 2 aliphatic rings. The highest BCUT2D eigenvalue weighted by Gasteiger charge is 2.35. The predicted molar refractivity (Wildman–Crippen MR) is 140 cm³/mol. The van der Waals surface area contributed by atoms with Crippen molar-refractivity contribution in [2.24, 2.45) is 0 Å². The molecule has 1 aromatic heterocycles. The Morgan fingerprint density at radius 2 is 2.03 bits per heavy atom. The van der Waals surface area contributed by atoms with Crippen LogP contribution >= 0.6 is 27.7 Å². The molecule has 3 amide bonds. The number of amides is 3. The number of nitrogens with zero attached hydrogens (tertiary/aromatic N) is 2. The van der Waals surface area contributed by atoms with Gasteiger partial charge in [0.25, 0.3) is 11.1 Å². The minimum atomic E-state index is -0.311. The van der Waals surface area contributed by atoms with Gasteiger partial charge in [0, 0.05) is 40.3 Å². The van der Waals surface area contributed by atoms with Gasteiger partial charge >= 0.3 is 0 Å². The van der Waals surface area contributed by atoms with Gasteiger partial charge < -0.3 is 14.6 Å². The van der Waals surface area contributed by atoms with Gasteiger partial charge in [0.2, 0.25) is 5.91 Å². The standard InChI is InChI=1S/C26H24BrN3O4S/c27-19-8-9-22-21(12-19)18(15-29(22)16-24(31)28-13-20-7-4-10-34-20)11-23-25(32)30(26(33)35-23)14-17-5-2-1-3-6-17/h1-3,5-6,8-9,11-12,15,20H,4,7,10,13-14,16H2,(H,28,31)/b23-11-/t20-/m1/s1. The molecule has 35 heavy (non-hydrogen) atoms. The summed E-state index contributed by atoms with van der Waals surface area (Å²) < 4.78 is 8.33. The number of carbonyl (C=O) groups is 3. The zero-order valence-corrected chi connectivity index (χ0v) is 21.3. The molecule has 1 atom stereocenters. The average molecular weight is 554 g/mol. The van der Waals surface area contributed by atoms with Crippen molar-refractivity contribution >= 4 is 61.7 Å². The van der Waals surface area contributed by atoms with Crippen LogP contribution in [0.1, 0.15) is 24.0 Å². The SMILES string of the molecule is O=C(Cn1cc(/C=C2\SC(=O)N(Cc3ccccc3)C2=O)c2cc(Br)ccc21)NC[C@H]1CCCO1. The first-order valence-electron chi connectivity index (χ1n) is 11.4. The van der Waals surface area contributed by atoms with Crippen LogP contribution in [-0.2, 0) is 27.4 Å². The van der Waals surface area contributed by atoms with E-state index in [1.807, 2.05) is 59.3 Å². The van der Waals surface area contributed by atoms with E-state index in [9.17, 15) is 14.4 Å². The second-order valence-corrected chi connectivity index (χ2v) is 10.5. The Bertz CT molecular complexity index is 1310. The van der Waals surface area contributed by atoms with Crippen molar-refractivity contribution in [3.05, 3.63) is 75.2 Å². The molecule has 7 nitrogen and oxygen atoms in total. The van der Waals surface area contributed by atoms with E-state index in [1.165, 1.54) is 4.90 Å². The third-order valence-corrected chi connectivity index (χ3v) is 7.48. The lowest BCUT2D eigenvalue weighted by atomic mass is 10.1. The smallest absolute Gasteiger partial charge is 0.293 e. The van der Waals surface area contributed by atoms with Crippen molar-refractivity contribution < 1.29 is 19.1 Å². The molecule has 0 radical (unpaired) electrons. The summed E-state index contributed by atoms with van der Waals surface area (Å²) in [4.78, 5) is 39.9. The lowest BCUT2D eigenvalue weighted by Crippen LogP contribution is -2.34. The van der Waals surface area contributed by atoms with E-state index in [1.54, 1.807) is 6.08 Å². The fraction of sp³-hybridized carbons (Fsp3) is 0.269. The van der Waals surface area contributed by atoms with Gasteiger partial charge in [0.1, 0.15) is 6.54 Å². The number of thioether (sulfide) groups is 1. The molecule has 5 rings (SSSR count). The molecule has 2 aliphatic heterocycles. The number of hydrogen-bond acceptors (Lipinski definition) is 5. The van der Waals surface area contributed by atoms with E-state index in [2.05, 4.69) is 21.2 Å². The van der Waals surface area contributed by atoms with E-state index in [0.29, 0.717) is 11.4 Å². The van der Waals surface area contributed by atoms with Crippen molar-refractivity contribution in [3.63, 3.8) is 0 Å². The maximum absolute atomic E-state index is 13.0. The van der Waals surface area contributed by atoms with E-state index in [4.69, 9.17) is 4.74 Å². The molecule has 0 aliphatic carbocycles. The lowest BCUT2D eigenvalue weighted by Gasteiger charge is -2.12. The number of aromatic nitrogens is 1.